The zero-order valence-corrected chi connectivity index (χ0v) is 17.9. The second-order valence-electron chi connectivity index (χ2n) is 7.84. The summed E-state index contributed by atoms with van der Waals surface area (Å²) in [4.78, 5) is 12.5. The van der Waals surface area contributed by atoms with E-state index in [0.717, 1.165) is 16.5 Å². The maximum Gasteiger partial charge on any atom is 0.268 e. The number of hydrogen-bond donors (Lipinski definition) is 0. The molecule has 4 rings (SSSR count). The van der Waals surface area contributed by atoms with E-state index in [9.17, 15) is 13.6 Å². The lowest BCUT2D eigenvalue weighted by Gasteiger charge is -2.19. The van der Waals surface area contributed by atoms with Crippen LogP contribution in [0.1, 0.15) is 25.0 Å². The number of rotatable bonds is 4. The van der Waals surface area contributed by atoms with E-state index in [1.54, 1.807) is 50.5 Å². The summed E-state index contributed by atoms with van der Waals surface area (Å²) in [5.41, 5.74) is 0.896. The SMILES string of the molecule is Cc1ccc(Oc2ccc(C(C)(C)F)cc2-c2cn(C)c(=O)c3sccc23)c(F)c1. The molecule has 0 unspecified atom stereocenters. The summed E-state index contributed by atoms with van der Waals surface area (Å²) in [5, 5.41) is 2.60. The van der Waals surface area contributed by atoms with Gasteiger partial charge < -0.3 is 9.30 Å². The van der Waals surface area contributed by atoms with Gasteiger partial charge in [0, 0.05) is 29.8 Å². The molecule has 0 aliphatic rings. The third-order valence-electron chi connectivity index (χ3n) is 5.06. The van der Waals surface area contributed by atoms with Crippen molar-refractivity contribution in [2.24, 2.45) is 7.05 Å². The van der Waals surface area contributed by atoms with E-state index >= 15 is 0 Å². The van der Waals surface area contributed by atoms with Crippen LogP contribution in [0.4, 0.5) is 8.78 Å². The van der Waals surface area contributed by atoms with Crippen molar-refractivity contribution in [2.45, 2.75) is 26.4 Å². The highest BCUT2D eigenvalue weighted by molar-refractivity contribution is 7.17. The molecule has 30 heavy (non-hydrogen) atoms. The van der Waals surface area contributed by atoms with Gasteiger partial charge in [-0.2, -0.15) is 0 Å². The number of aryl methyl sites for hydroxylation is 2. The molecule has 0 N–H and O–H groups in total. The molecule has 0 amide bonds. The molecule has 0 bridgehead atoms. The van der Waals surface area contributed by atoms with E-state index in [-0.39, 0.29) is 11.3 Å². The van der Waals surface area contributed by atoms with E-state index in [4.69, 9.17) is 4.74 Å². The molecule has 0 fully saturated rings. The molecule has 0 aliphatic heterocycles. The molecule has 3 nitrogen and oxygen atoms in total. The fourth-order valence-electron chi connectivity index (χ4n) is 3.39. The molecule has 0 saturated carbocycles. The molecular weight excluding hydrogens is 404 g/mol. The molecule has 6 heteroatoms. The van der Waals surface area contributed by atoms with Crippen LogP contribution in [0.3, 0.4) is 0 Å². The summed E-state index contributed by atoms with van der Waals surface area (Å²) in [6, 6.07) is 11.6. The molecular formula is C24H21F2NO2S. The Morgan fingerprint density at radius 2 is 1.77 bits per heavy atom. The molecule has 0 saturated heterocycles. The van der Waals surface area contributed by atoms with Gasteiger partial charge >= 0.3 is 0 Å². The Kier molecular flexibility index (Phi) is 4.98. The third kappa shape index (κ3) is 3.63. The van der Waals surface area contributed by atoms with Gasteiger partial charge in [0.25, 0.3) is 5.56 Å². The lowest BCUT2D eigenvalue weighted by molar-refractivity contribution is 0.221. The van der Waals surface area contributed by atoms with Crippen molar-refractivity contribution in [1.82, 2.24) is 4.57 Å². The molecule has 4 aromatic rings. The van der Waals surface area contributed by atoms with E-state index < -0.39 is 11.5 Å². The first-order valence-corrected chi connectivity index (χ1v) is 10.4. The molecule has 0 radical (unpaired) electrons. The average molecular weight is 426 g/mol. The monoisotopic (exact) mass is 425 g/mol. The number of aromatic nitrogens is 1. The second-order valence-corrected chi connectivity index (χ2v) is 8.76. The van der Waals surface area contributed by atoms with Gasteiger partial charge in [0.05, 0.1) is 0 Å². The zero-order chi connectivity index (χ0) is 21.6. The van der Waals surface area contributed by atoms with Crippen LogP contribution in [0, 0.1) is 12.7 Å². The third-order valence-corrected chi connectivity index (χ3v) is 5.96. The quantitative estimate of drug-likeness (QED) is 0.364. The van der Waals surface area contributed by atoms with Crippen molar-refractivity contribution in [3.05, 3.63) is 81.3 Å². The Hall–Kier alpha value is -2.99. The minimum absolute atomic E-state index is 0.0838. The van der Waals surface area contributed by atoms with Crippen LogP contribution in [0.25, 0.3) is 21.2 Å². The van der Waals surface area contributed by atoms with E-state index in [1.807, 2.05) is 11.4 Å². The first-order chi connectivity index (χ1) is 14.1. The normalized spacial score (nSPS) is 11.8. The van der Waals surface area contributed by atoms with Crippen LogP contribution in [0.2, 0.25) is 0 Å². The Bertz CT molecular complexity index is 1320. The molecule has 154 valence electrons. The lowest BCUT2D eigenvalue weighted by Crippen LogP contribution is -2.15. The summed E-state index contributed by atoms with van der Waals surface area (Å²) >= 11 is 1.35. The summed E-state index contributed by atoms with van der Waals surface area (Å²) in [5.74, 6) is -0.00520. The molecule has 0 aliphatic carbocycles. The number of ether oxygens (including phenoxy) is 1. The van der Waals surface area contributed by atoms with Gasteiger partial charge in [-0.1, -0.05) is 12.1 Å². The van der Waals surface area contributed by atoms with Crippen molar-refractivity contribution in [2.75, 3.05) is 0 Å². The van der Waals surface area contributed by atoms with Crippen molar-refractivity contribution in [1.29, 1.82) is 0 Å². The van der Waals surface area contributed by atoms with Gasteiger partial charge in [-0.05, 0) is 67.6 Å². The maximum absolute atomic E-state index is 14.7. The highest BCUT2D eigenvalue weighted by Gasteiger charge is 2.23. The number of halogens is 2. The predicted molar refractivity (Wildman–Crippen MR) is 118 cm³/mol. The molecule has 0 spiro atoms. The van der Waals surface area contributed by atoms with Crippen molar-refractivity contribution in [3.63, 3.8) is 0 Å². The zero-order valence-electron chi connectivity index (χ0n) is 17.1. The first-order valence-electron chi connectivity index (χ1n) is 9.50. The highest BCUT2D eigenvalue weighted by Crippen LogP contribution is 2.41. The van der Waals surface area contributed by atoms with Gasteiger partial charge in [0.2, 0.25) is 0 Å². The molecule has 0 atom stereocenters. The average Bonchev–Trinajstić information content (AvgIpc) is 3.16. The molecule has 2 aromatic carbocycles. The van der Waals surface area contributed by atoms with Crippen molar-refractivity contribution < 1.29 is 13.5 Å². The van der Waals surface area contributed by atoms with Gasteiger partial charge in [-0.25, -0.2) is 8.78 Å². The van der Waals surface area contributed by atoms with Crippen LogP contribution in [-0.4, -0.2) is 4.57 Å². The number of fused-ring (bicyclic) bond motifs is 1. The van der Waals surface area contributed by atoms with Crippen molar-refractivity contribution in [3.8, 4) is 22.6 Å². The summed E-state index contributed by atoms with van der Waals surface area (Å²) in [6.45, 7) is 4.76. The topological polar surface area (TPSA) is 31.2 Å². The standard InChI is InChI=1S/C24H21F2NO2S/c1-14-5-7-21(19(25)11-14)29-20-8-6-15(24(2,3)26)12-17(20)18-13-27(4)23(28)22-16(18)9-10-30-22/h5-13H,1-4H3. The number of alkyl halides is 1. The van der Waals surface area contributed by atoms with Crippen LogP contribution >= 0.6 is 11.3 Å². The van der Waals surface area contributed by atoms with Gasteiger partial charge in [0.1, 0.15) is 16.1 Å². The summed E-state index contributed by atoms with van der Waals surface area (Å²) < 4.78 is 37.2. The predicted octanol–water partition coefficient (Wildman–Crippen LogP) is 6.71. The summed E-state index contributed by atoms with van der Waals surface area (Å²) in [7, 11) is 1.67. The number of hydrogen-bond acceptors (Lipinski definition) is 3. The second kappa shape index (κ2) is 7.36. The number of benzene rings is 2. The minimum Gasteiger partial charge on any atom is -0.454 e. The lowest BCUT2D eigenvalue weighted by atomic mass is 9.94. The van der Waals surface area contributed by atoms with E-state index in [0.29, 0.717) is 21.6 Å². The van der Waals surface area contributed by atoms with E-state index in [1.165, 1.54) is 35.8 Å². The molecule has 2 aromatic heterocycles. The highest BCUT2D eigenvalue weighted by atomic mass is 32.1. The van der Waals surface area contributed by atoms with Crippen molar-refractivity contribution >= 4 is 21.4 Å². The number of thiophene rings is 1. The van der Waals surface area contributed by atoms with Crippen LogP contribution < -0.4 is 10.3 Å². The fourth-order valence-corrected chi connectivity index (χ4v) is 4.28. The van der Waals surface area contributed by atoms with Crippen LogP contribution in [0.15, 0.2) is 58.8 Å². The largest absolute Gasteiger partial charge is 0.454 e. The molecule has 2 heterocycles. The van der Waals surface area contributed by atoms with Gasteiger partial charge in [-0.3, -0.25) is 4.79 Å². The van der Waals surface area contributed by atoms with Gasteiger partial charge in [0.15, 0.2) is 11.6 Å². The fraction of sp³-hybridized carbons (Fsp3) is 0.208. The smallest absolute Gasteiger partial charge is 0.268 e. The van der Waals surface area contributed by atoms with Crippen LogP contribution in [0.5, 0.6) is 11.5 Å². The summed E-state index contributed by atoms with van der Waals surface area (Å²) in [6.07, 6.45) is 1.71. The Labute approximate surface area is 177 Å². The minimum atomic E-state index is -1.57. The Morgan fingerprint density at radius 1 is 1.03 bits per heavy atom. The maximum atomic E-state index is 14.7. The number of nitrogens with zero attached hydrogens (tertiary/aromatic N) is 1. The first kappa shape index (κ1) is 20.3. The van der Waals surface area contributed by atoms with E-state index in [2.05, 4.69) is 0 Å². The van der Waals surface area contributed by atoms with Crippen LogP contribution in [-0.2, 0) is 12.7 Å². The number of pyridine rings is 1. The Morgan fingerprint density at radius 3 is 2.47 bits per heavy atom. The van der Waals surface area contributed by atoms with Gasteiger partial charge in [-0.15, -0.1) is 11.3 Å². The Balaban J connectivity index is 1.96.